The Morgan fingerprint density at radius 2 is 2.21 bits per heavy atom. The first-order valence-corrected chi connectivity index (χ1v) is 6.86. The number of nitrogens with zero attached hydrogens (tertiary/aromatic N) is 1. The maximum absolute atomic E-state index is 14.1. The van der Waals surface area contributed by atoms with Crippen molar-refractivity contribution in [2.75, 3.05) is 19.7 Å². The van der Waals surface area contributed by atoms with E-state index in [0.717, 1.165) is 12.1 Å². The molecule has 1 heterocycles. The van der Waals surface area contributed by atoms with Crippen molar-refractivity contribution in [1.29, 1.82) is 0 Å². The van der Waals surface area contributed by atoms with Gasteiger partial charge in [-0.2, -0.15) is 0 Å². The molecule has 4 heteroatoms. The van der Waals surface area contributed by atoms with Crippen LogP contribution in [0.2, 0.25) is 0 Å². The lowest BCUT2D eigenvalue weighted by molar-refractivity contribution is -0.0658. The molecule has 1 aromatic carbocycles. The van der Waals surface area contributed by atoms with Gasteiger partial charge in [0.05, 0.1) is 18.8 Å². The molecular weight excluding hydrogens is 243 g/mol. The van der Waals surface area contributed by atoms with Gasteiger partial charge in [0.2, 0.25) is 0 Å². The highest BCUT2D eigenvalue weighted by molar-refractivity contribution is 5.27. The van der Waals surface area contributed by atoms with Crippen LogP contribution in [-0.2, 0) is 4.74 Å². The first-order chi connectivity index (χ1) is 9.02. The van der Waals surface area contributed by atoms with Gasteiger partial charge in [0.25, 0.3) is 0 Å². The highest BCUT2D eigenvalue weighted by Crippen LogP contribution is 2.28. The van der Waals surface area contributed by atoms with E-state index in [0.29, 0.717) is 18.7 Å². The number of rotatable bonds is 3. The Kier molecular flexibility index (Phi) is 4.55. The number of ether oxygens (including phenoxy) is 1. The van der Waals surface area contributed by atoms with Gasteiger partial charge in [-0.05, 0) is 26.8 Å². The molecule has 0 saturated carbocycles. The molecule has 0 amide bonds. The Labute approximate surface area is 114 Å². The van der Waals surface area contributed by atoms with E-state index < -0.39 is 0 Å². The van der Waals surface area contributed by atoms with E-state index in [2.05, 4.69) is 11.8 Å². The quantitative estimate of drug-likeness (QED) is 0.912. The second-order valence-electron chi connectivity index (χ2n) is 5.47. The third-order valence-corrected chi connectivity index (χ3v) is 3.79. The Balaban J connectivity index is 2.30. The fourth-order valence-corrected chi connectivity index (χ4v) is 2.72. The molecule has 0 aromatic heterocycles. The molecule has 1 saturated heterocycles. The second-order valence-corrected chi connectivity index (χ2v) is 5.47. The number of halogens is 1. The minimum Gasteiger partial charge on any atom is -0.376 e. The van der Waals surface area contributed by atoms with Crippen molar-refractivity contribution in [1.82, 2.24) is 4.90 Å². The Hall–Kier alpha value is -0.970. The van der Waals surface area contributed by atoms with Crippen LogP contribution in [0.3, 0.4) is 0 Å². The molecule has 1 aromatic rings. The van der Waals surface area contributed by atoms with Crippen LogP contribution in [0.25, 0.3) is 0 Å². The van der Waals surface area contributed by atoms with Gasteiger partial charge in [0.1, 0.15) is 5.82 Å². The molecule has 2 rings (SSSR count). The Bertz CT molecular complexity index is 438. The van der Waals surface area contributed by atoms with E-state index in [4.69, 9.17) is 10.5 Å². The molecule has 3 atom stereocenters. The summed E-state index contributed by atoms with van der Waals surface area (Å²) in [6.07, 6.45) is 0.165. The summed E-state index contributed by atoms with van der Waals surface area (Å²) in [5.41, 5.74) is 7.67. The summed E-state index contributed by atoms with van der Waals surface area (Å²) in [6.45, 7) is 7.99. The molecule has 0 bridgehead atoms. The molecule has 106 valence electrons. The smallest absolute Gasteiger partial charge is 0.128 e. The van der Waals surface area contributed by atoms with Crippen LogP contribution in [0.4, 0.5) is 4.39 Å². The maximum Gasteiger partial charge on any atom is 0.128 e. The summed E-state index contributed by atoms with van der Waals surface area (Å²) in [4.78, 5) is 2.26. The predicted molar refractivity (Wildman–Crippen MR) is 74.5 cm³/mol. The average molecular weight is 266 g/mol. The highest BCUT2D eigenvalue weighted by Gasteiger charge is 2.31. The highest BCUT2D eigenvalue weighted by atomic mass is 19.1. The minimum absolute atomic E-state index is 0.0822. The fraction of sp³-hybridized carbons (Fsp3) is 0.600. The fourth-order valence-electron chi connectivity index (χ4n) is 2.72. The van der Waals surface area contributed by atoms with Gasteiger partial charge in [-0.25, -0.2) is 4.39 Å². The summed E-state index contributed by atoms with van der Waals surface area (Å²) in [5.74, 6) is -0.174. The second kappa shape index (κ2) is 5.99. The molecular formula is C15H23FN2O. The normalized spacial score (nSPS) is 26.4. The Morgan fingerprint density at radius 1 is 1.47 bits per heavy atom. The van der Waals surface area contributed by atoms with Gasteiger partial charge in [-0.1, -0.05) is 17.7 Å². The van der Waals surface area contributed by atoms with Crippen molar-refractivity contribution in [2.24, 2.45) is 5.73 Å². The number of hydrogen-bond acceptors (Lipinski definition) is 3. The lowest BCUT2D eigenvalue weighted by atomic mass is 9.99. The maximum atomic E-state index is 14.1. The molecule has 0 radical (unpaired) electrons. The Morgan fingerprint density at radius 3 is 2.89 bits per heavy atom. The third kappa shape index (κ3) is 3.14. The van der Waals surface area contributed by atoms with Crippen LogP contribution in [0.15, 0.2) is 18.2 Å². The van der Waals surface area contributed by atoms with Gasteiger partial charge < -0.3 is 10.5 Å². The standard InChI is InChI=1S/C15H23FN2O/c1-10-4-5-14(16)13(6-10)15(7-17)18-8-12(3)19-9-11(18)2/h4-6,11-12,15H,7-9,17H2,1-3H3. The van der Waals surface area contributed by atoms with Crippen molar-refractivity contribution in [2.45, 2.75) is 39.0 Å². The lowest BCUT2D eigenvalue weighted by Crippen LogP contribution is -2.50. The van der Waals surface area contributed by atoms with Crippen molar-refractivity contribution < 1.29 is 9.13 Å². The molecule has 1 aliphatic rings. The van der Waals surface area contributed by atoms with Crippen LogP contribution >= 0.6 is 0 Å². The molecule has 19 heavy (non-hydrogen) atoms. The molecule has 3 unspecified atom stereocenters. The summed E-state index contributed by atoms with van der Waals surface area (Å²) in [5, 5.41) is 0. The molecule has 0 spiro atoms. The topological polar surface area (TPSA) is 38.5 Å². The van der Waals surface area contributed by atoms with Crippen molar-refractivity contribution in [3.8, 4) is 0 Å². The van der Waals surface area contributed by atoms with Crippen LogP contribution in [-0.4, -0.2) is 36.7 Å². The number of nitrogens with two attached hydrogens (primary N) is 1. The lowest BCUT2D eigenvalue weighted by Gasteiger charge is -2.41. The van der Waals surface area contributed by atoms with Gasteiger partial charge in [-0.3, -0.25) is 4.90 Å². The summed E-state index contributed by atoms with van der Waals surface area (Å²) >= 11 is 0. The number of aryl methyl sites for hydroxylation is 1. The molecule has 1 aliphatic heterocycles. The van der Waals surface area contributed by atoms with Crippen LogP contribution < -0.4 is 5.73 Å². The zero-order chi connectivity index (χ0) is 14.0. The number of morpholine rings is 1. The first kappa shape index (κ1) is 14.4. The summed E-state index contributed by atoms with van der Waals surface area (Å²) in [6, 6.07) is 5.39. The van der Waals surface area contributed by atoms with Crippen molar-refractivity contribution >= 4 is 0 Å². The zero-order valence-corrected chi connectivity index (χ0v) is 11.9. The van der Waals surface area contributed by atoms with E-state index in [1.807, 2.05) is 19.9 Å². The number of hydrogen-bond donors (Lipinski definition) is 1. The molecule has 1 fully saturated rings. The van der Waals surface area contributed by atoms with Crippen LogP contribution in [0.1, 0.15) is 31.0 Å². The molecule has 0 aliphatic carbocycles. The van der Waals surface area contributed by atoms with Gasteiger partial charge >= 0.3 is 0 Å². The minimum atomic E-state index is -0.174. The van der Waals surface area contributed by atoms with E-state index in [1.165, 1.54) is 6.07 Å². The van der Waals surface area contributed by atoms with E-state index >= 15 is 0 Å². The molecule has 3 nitrogen and oxygen atoms in total. The average Bonchev–Trinajstić information content (AvgIpc) is 2.38. The van der Waals surface area contributed by atoms with Crippen molar-refractivity contribution in [3.63, 3.8) is 0 Å². The van der Waals surface area contributed by atoms with Crippen LogP contribution in [0, 0.1) is 12.7 Å². The SMILES string of the molecule is Cc1ccc(F)c(C(CN)N2CC(C)OCC2C)c1. The van der Waals surface area contributed by atoms with Crippen LogP contribution in [0.5, 0.6) is 0 Å². The van der Waals surface area contributed by atoms with E-state index in [9.17, 15) is 4.39 Å². The van der Waals surface area contributed by atoms with E-state index in [1.54, 1.807) is 6.07 Å². The van der Waals surface area contributed by atoms with Gasteiger partial charge in [0.15, 0.2) is 0 Å². The predicted octanol–water partition coefficient (Wildman–Crippen LogP) is 2.24. The summed E-state index contributed by atoms with van der Waals surface area (Å²) < 4.78 is 19.7. The summed E-state index contributed by atoms with van der Waals surface area (Å²) in [7, 11) is 0. The number of benzene rings is 1. The van der Waals surface area contributed by atoms with E-state index in [-0.39, 0.29) is 24.0 Å². The largest absolute Gasteiger partial charge is 0.376 e. The third-order valence-electron chi connectivity index (χ3n) is 3.79. The first-order valence-electron chi connectivity index (χ1n) is 6.86. The monoisotopic (exact) mass is 266 g/mol. The van der Waals surface area contributed by atoms with Gasteiger partial charge in [-0.15, -0.1) is 0 Å². The molecule has 2 N–H and O–H groups in total. The van der Waals surface area contributed by atoms with Crippen molar-refractivity contribution in [3.05, 3.63) is 35.1 Å². The zero-order valence-electron chi connectivity index (χ0n) is 11.9. The van der Waals surface area contributed by atoms with Gasteiger partial charge in [0, 0.05) is 24.7 Å².